The summed E-state index contributed by atoms with van der Waals surface area (Å²) < 4.78 is 135. The highest BCUT2D eigenvalue weighted by molar-refractivity contribution is 7.94. The van der Waals surface area contributed by atoms with Crippen molar-refractivity contribution in [2.45, 2.75) is 19.6 Å². The number of nitrogen functional groups attached to an aromatic ring is 1. The molecule has 0 unspecified atom stereocenters. The Kier molecular flexibility index (Phi) is 14.4. The van der Waals surface area contributed by atoms with E-state index >= 15 is 0 Å². The Morgan fingerprint density at radius 3 is 2.05 bits per heavy atom. The van der Waals surface area contributed by atoms with E-state index < -0.39 is 92.0 Å². The zero-order valence-corrected chi connectivity index (χ0v) is 32.6. The van der Waals surface area contributed by atoms with E-state index in [1.54, 1.807) is 0 Å². The molecule has 0 fully saturated rings. The summed E-state index contributed by atoms with van der Waals surface area (Å²) in [7, 11) is -14.3. The highest BCUT2D eigenvalue weighted by Gasteiger charge is 2.24. The van der Waals surface area contributed by atoms with Gasteiger partial charge in [0.05, 0.1) is 39.9 Å². The number of aromatic hydroxyl groups is 1. The van der Waals surface area contributed by atoms with Gasteiger partial charge in [-0.15, -0.1) is 29.1 Å². The molecule has 1 heterocycles. The Bertz CT molecular complexity index is 2790. The zero-order chi connectivity index (χ0) is 43.1. The minimum Gasteiger partial charge on any atom is -0.505 e. The molecule has 24 nitrogen and oxygen atoms in total. The van der Waals surface area contributed by atoms with Crippen LogP contribution in [0.15, 0.2) is 101 Å². The number of anilines is 3. The summed E-state index contributed by atoms with van der Waals surface area (Å²) in [5.41, 5.74) is 3.88. The molecule has 0 bridgehead atoms. The molecule has 0 radical (unpaired) electrons. The van der Waals surface area contributed by atoms with Crippen LogP contribution in [0.3, 0.4) is 0 Å². The largest absolute Gasteiger partial charge is 0.505 e. The Labute approximate surface area is 337 Å². The van der Waals surface area contributed by atoms with Crippen molar-refractivity contribution in [3.05, 3.63) is 72.7 Å². The van der Waals surface area contributed by atoms with Gasteiger partial charge in [-0.1, -0.05) is 10.1 Å². The molecule has 0 aliphatic rings. The quantitative estimate of drug-likeness (QED) is 0.00570. The number of nitrogens with two attached hydrogens (primary N) is 1. The standard InChI is InChI=1S/C28H22F2N8O16S5/c29-23-12-24(34-28(30)33-23)32-13-1-5-21(58(44,45)46)18(9-13)35-37-25-16-11-20(55-53-51-40)26(27(39)15(16)3-4-17(25)31)38-36-19-10-14(2-6-22(19)59(47,48)49)57(42,43)8-7-50-56-54-52-41/h1-6,9-12,39-41H,7-8,31H2,(H,32,33,34)(H,44,45,46)(H,47,48,49). The van der Waals surface area contributed by atoms with Crippen molar-refractivity contribution in [1.29, 1.82) is 0 Å². The van der Waals surface area contributed by atoms with Crippen LogP contribution < -0.4 is 11.1 Å². The lowest BCUT2D eigenvalue weighted by atomic mass is 10.1. The van der Waals surface area contributed by atoms with Crippen LogP contribution in [-0.4, -0.2) is 72.3 Å². The number of azo groups is 2. The van der Waals surface area contributed by atoms with Gasteiger partial charge in [-0.2, -0.15) is 35.6 Å². The van der Waals surface area contributed by atoms with Gasteiger partial charge in [0.25, 0.3) is 20.2 Å². The lowest BCUT2D eigenvalue weighted by molar-refractivity contribution is -0.434. The number of nitrogens with zero attached hydrogens (tertiary/aromatic N) is 6. The predicted molar refractivity (Wildman–Crippen MR) is 197 cm³/mol. The van der Waals surface area contributed by atoms with E-state index in [1.807, 2.05) is 0 Å². The van der Waals surface area contributed by atoms with E-state index in [0.29, 0.717) is 6.07 Å². The predicted octanol–water partition coefficient (Wildman–Crippen LogP) is 6.47. The Morgan fingerprint density at radius 1 is 0.763 bits per heavy atom. The van der Waals surface area contributed by atoms with Gasteiger partial charge < -0.3 is 16.2 Å². The smallest absolute Gasteiger partial charge is 0.313 e. The fraction of sp³-hybridized carbons (Fsp3) is 0.0714. The second kappa shape index (κ2) is 18.8. The molecule has 0 spiro atoms. The molecule has 0 amide bonds. The number of rotatable bonds is 18. The molecule has 314 valence electrons. The minimum absolute atomic E-state index is 0.0458. The van der Waals surface area contributed by atoms with Crippen LogP contribution in [0.5, 0.6) is 5.75 Å². The number of hydrogen-bond acceptors (Lipinski definition) is 24. The maximum atomic E-state index is 13.6. The van der Waals surface area contributed by atoms with Crippen molar-refractivity contribution in [1.82, 2.24) is 9.97 Å². The van der Waals surface area contributed by atoms with E-state index in [9.17, 15) is 48.2 Å². The van der Waals surface area contributed by atoms with Crippen LogP contribution in [0.2, 0.25) is 0 Å². The zero-order valence-electron chi connectivity index (χ0n) is 28.5. The van der Waals surface area contributed by atoms with Gasteiger partial charge >= 0.3 is 6.08 Å². The van der Waals surface area contributed by atoms with Crippen LogP contribution in [0, 0.1) is 12.0 Å². The fourth-order valence-corrected chi connectivity index (χ4v) is 7.88. The van der Waals surface area contributed by atoms with Crippen molar-refractivity contribution in [3.8, 4) is 5.75 Å². The lowest BCUT2D eigenvalue weighted by Gasteiger charge is -2.12. The van der Waals surface area contributed by atoms with Crippen molar-refractivity contribution in [2.24, 2.45) is 20.5 Å². The Balaban J connectivity index is 1.60. The SMILES string of the molecule is Nc1ccc2c(O)c(N=Nc3cc(S(=O)(=O)CCOSOOO)ccc3S(=O)(=O)O)c(SOOO)cc2c1N=Nc1cc(Nc2cc(F)nc(F)n2)ccc1S(=O)(=O)O. The molecule has 0 aliphatic heterocycles. The lowest BCUT2D eigenvalue weighted by Crippen LogP contribution is -2.11. The maximum absolute atomic E-state index is 13.6. The van der Waals surface area contributed by atoms with Gasteiger partial charge in [0, 0.05) is 22.5 Å². The molecule has 0 saturated carbocycles. The number of benzene rings is 4. The molecule has 8 N–H and O–H groups in total. The molecule has 5 rings (SSSR count). The molecule has 31 heteroatoms. The highest BCUT2D eigenvalue weighted by atomic mass is 32.2. The summed E-state index contributed by atoms with van der Waals surface area (Å²) in [6.07, 6.45) is -1.42. The van der Waals surface area contributed by atoms with Gasteiger partial charge in [0.15, 0.2) is 27.9 Å². The van der Waals surface area contributed by atoms with Gasteiger partial charge in [-0.3, -0.25) is 13.3 Å². The first-order chi connectivity index (χ1) is 27.8. The molecule has 5 aromatic rings. The third-order valence-corrected chi connectivity index (χ3v) is 11.7. The van der Waals surface area contributed by atoms with Crippen molar-refractivity contribution < 1.29 is 81.7 Å². The topological polar surface area (TPSA) is 363 Å². The minimum atomic E-state index is -5.08. The first-order valence-electron chi connectivity index (χ1n) is 15.1. The van der Waals surface area contributed by atoms with Gasteiger partial charge in [0.2, 0.25) is 5.95 Å². The number of fused-ring (bicyclic) bond motifs is 1. The third-order valence-electron chi connectivity index (χ3n) is 7.19. The second-order valence-electron chi connectivity index (χ2n) is 10.9. The summed E-state index contributed by atoms with van der Waals surface area (Å²) in [4.78, 5) is 3.73. The van der Waals surface area contributed by atoms with Gasteiger partial charge in [-0.25, -0.2) is 18.9 Å². The third kappa shape index (κ3) is 11.3. The first-order valence-corrected chi connectivity index (χ1v) is 21.0. The van der Waals surface area contributed by atoms with E-state index in [4.69, 9.17) is 20.4 Å². The molecule has 0 aliphatic carbocycles. The molecule has 1 aromatic heterocycles. The Morgan fingerprint density at radius 2 is 1.41 bits per heavy atom. The second-order valence-corrected chi connectivity index (χ2v) is 17.0. The Hall–Kier alpha value is -5.13. The van der Waals surface area contributed by atoms with Crippen molar-refractivity contribution in [2.75, 3.05) is 23.4 Å². The average molecular weight is 925 g/mol. The average Bonchev–Trinajstić information content (AvgIpc) is 3.15. The maximum Gasteiger partial charge on any atom is 0.313 e. The van der Waals surface area contributed by atoms with E-state index in [2.05, 4.69) is 54.5 Å². The number of nitrogens with one attached hydrogen (secondary N) is 1. The molecular formula is C28H22F2N8O16S5. The van der Waals surface area contributed by atoms with Crippen LogP contribution in [-0.2, 0) is 53.0 Å². The van der Waals surface area contributed by atoms with Crippen LogP contribution in [0.4, 0.5) is 48.7 Å². The molecule has 0 atom stereocenters. The summed E-state index contributed by atoms with van der Waals surface area (Å²) in [6.45, 7) is -0.516. The summed E-state index contributed by atoms with van der Waals surface area (Å²) in [5.74, 6) is -3.09. The van der Waals surface area contributed by atoms with Crippen LogP contribution >= 0.6 is 24.4 Å². The fourth-order valence-electron chi connectivity index (χ4n) is 4.76. The van der Waals surface area contributed by atoms with E-state index in [-0.39, 0.29) is 62.9 Å². The molecule has 4 aromatic carbocycles. The van der Waals surface area contributed by atoms with E-state index in [1.165, 1.54) is 12.1 Å². The summed E-state index contributed by atoms with van der Waals surface area (Å²) in [6, 6.07) is 9.62. The van der Waals surface area contributed by atoms with Crippen molar-refractivity contribution >= 4 is 105 Å². The molecule has 0 saturated heterocycles. The van der Waals surface area contributed by atoms with E-state index in [0.717, 1.165) is 42.5 Å². The number of halogens is 2. The summed E-state index contributed by atoms with van der Waals surface area (Å²) >= 11 is 0.286. The van der Waals surface area contributed by atoms with Gasteiger partial charge in [-0.05, 0) is 54.6 Å². The van der Waals surface area contributed by atoms with Crippen molar-refractivity contribution in [3.63, 3.8) is 0 Å². The highest BCUT2D eigenvalue weighted by Crippen LogP contribution is 2.48. The normalized spacial score (nSPS) is 12.6. The number of phenols is 1. The number of sulfone groups is 1. The van der Waals surface area contributed by atoms with Gasteiger partial charge in [0.1, 0.15) is 38.4 Å². The number of aromatic nitrogens is 2. The number of phenolic OH excluding ortho intramolecular Hbond substituents is 1. The summed E-state index contributed by atoms with van der Waals surface area (Å²) in [5, 5.41) is 53.2. The molecular weight excluding hydrogens is 903 g/mol. The van der Waals surface area contributed by atoms with Crippen LogP contribution in [0.1, 0.15) is 0 Å². The van der Waals surface area contributed by atoms with Crippen LogP contribution in [0.25, 0.3) is 10.8 Å². The first kappa shape index (κ1) is 45.0. The molecule has 59 heavy (non-hydrogen) atoms. The monoisotopic (exact) mass is 924 g/mol. The number of hydrogen-bond donors (Lipinski definition) is 7.